The zero-order valence-corrected chi connectivity index (χ0v) is 20.6. The Morgan fingerprint density at radius 1 is 1.03 bits per heavy atom. The number of hydrogen-bond donors (Lipinski definition) is 1. The number of fused-ring (bicyclic) bond motifs is 3. The highest BCUT2D eigenvalue weighted by molar-refractivity contribution is 7.98. The summed E-state index contributed by atoms with van der Waals surface area (Å²) in [4.78, 5) is 29.7. The fraction of sp³-hybridized carbons (Fsp3) is 0.143. The average Bonchev–Trinajstić information content (AvgIpc) is 3.30. The molecule has 1 aliphatic rings. The summed E-state index contributed by atoms with van der Waals surface area (Å²) >= 11 is 1.61. The zero-order chi connectivity index (χ0) is 25.2. The van der Waals surface area contributed by atoms with Crippen molar-refractivity contribution < 1.29 is 9.59 Å². The fourth-order valence-corrected chi connectivity index (χ4v) is 5.25. The molecule has 1 N–H and O–H groups in total. The summed E-state index contributed by atoms with van der Waals surface area (Å²) in [6.45, 7) is 0. The van der Waals surface area contributed by atoms with Crippen LogP contribution in [0.15, 0.2) is 83.8 Å². The number of rotatable bonds is 6. The number of aromatic nitrogens is 2. The minimum atomic E-state index is -1.52. The normalized spacial score (nSPS) is 12.6. The summed E-state index contributed by atoms with van der Waals surface area (Å²) in [5.41, 5.74) is 4.95. The summed E-state index contributed by atoms with van der Waals surface area (Å²) in [5.74, 6) is -2.28. The van der Waals surface area contributed by atoms with Gasteiger partial charge in [0.25, 0.3) is 0 Å². The van der Waals surface area contributed by atoms with E-state index in [2.05, 4.69) is 10.4 Å². The van der Waals surface area contributed by atoms with Crippen LogP contribution >= 0.6 is 11.8 Å². The molecule has 0 aliphatic carbocycles. The summed E-state index contributed by atoms with van der Waals surface area (Å²) in [6.07, 6.45) is 0. The van der Waals surface area contributed by atoms with Gasteiger partial charge in [-0.3, -0.25) is 9.59 Å². The summed E-state index contributed by atoms with van der Waals surface area (Å²) < 4.78 is 1.74. The molecule has 0 radical (unpaired) electrons. The number of para-hydroxylation sites is 1. The minimum absolute atomic E-state index is 0.153. The van der Waals surface area contributed by atoms with Crippen LogP contribution in [0.1, 0.15) is 16.1 Å². The van der Waals surface area contributed by atoms with Gasteiger partial charge in [-0.2, -0.15) is 10.4 Å². The summed E-state index contributed by atoms with van der Waals surface area (Å²) in [5, 5.41) is 17.2. The highest BCUT2D eigenvalue weighted by Gasteiger charge is 2.35. The van der Waals surface area contributed by atoms with Crippen LogP contribution in [0.4, 0.5) is 11.4 Å². The Morgan fingerprint density at radius 3 is 2.42 bits per heavy atom. The molecule has 1 aliphatic heterocycles. The summed E-state index contributed by atoms with van der Waals surface area (Å²) in [6, 6.07) is 26.6. The molecular weight excluding hydrogens is 470 g/mol. The maximum atomic E-state index is 13.6. The minimum Gasteiger partial charge on any atom is -0.378 e. The molecule has 178 valence electrons. The Morgan fingerprint density at radius 2 is 1.72 bits per heavy atom. The lowest BCUT2D eigenvalue weighted by Gasteiger charge is -2.18. The number of benzene rings is 3. The number of nitrogens with zero attached hydrogens (tertiary/aromatic N) is 4. The average molecular weight is 494 g/mol. The molecule has 4 aromatic rings. The number of thioether (sulfide) groups is 1. The van der Waals surface area contributed by atoms with Crippen LogP contribution in [0, 0.1) is 17.2 Å². The second kappa shape index (κ2) is 9.72. The maximum Gasteiger partial charge on any atom is 0.249 e. The van der Waals surface area contributed by atoms with Gasteiger partial charge in [-0.1, -0.05) is 36.4 Å². The first-order chi connectivity index (χ1) is 17.5. The van der Waals surface area contributed by atoms with Gasteiger partial charge in [0.15, 0.2) is 5.92 Å². The van der Waals surface area contributed by atoms with Gasteiger partial charge in [-0.25, -0.2) is 4.68 Å². The Kier molecular flexibility index (Phi) is 6.32. The molecule has 0 spiro atoms. The lowest BCUT2D eigenvalue weighted by Crippen LogP contribution is -2.29. The molecule has 0 bridgehead atoms. The van der Waals surface area contributed by atoms with E-state index in [-0.39, 0.29) is 5.69 Å². The smallest absolute Gasteiger partial charge is 0.249 e. The van der Waals surface area contributed by atoms with E-state index in [9.17, 15) is 14.9 Å². The molecule has 1 aromatic heterocycles. The number of anilines is 2. The fourth-order valence-electron chi connectivity index (χ4n) is 4.19. The van der Waals surface area contributed by atoms with E-state index in [4.69, 9.17) is 0 Å². The molecule has 7 nitrogen and oxygen atoms in total. The first-order valence-electron chi connectivity index (χ1n) is 11.4. The van der Waals surface area contributed by atoms with Gasteiger partial charge in [0, 0.05) is 47.2 Å². The standard InChI is InChI=1S/C28H23N5O2S/c1-32(2)19-14-12-18(13-15-19)30-28(35)22(16-29)27(34)25-23-17-36-24-11-7-6-10-21(24)26(23)33(31-25)20-8-4-3-5-9-20/h3-15,22H,17H2,1-2H3,(H,30,35). The highest BCUT2D eigenvalue weighted by Crippen LogP contribution is 2.44. The molecule has 36 heavy (non-hydrogen) atoms. The summed E-state index contributed by atoms with van der Waals surface area (Å²) in [7, 11) is 3.84. The van der Waals surface area contributed by atoms with Crippen LogP contribution in [-0.2, 0) is 10.5 Å². The van der Waals surface area contributed by atoms with Crippen molar-refractivity contribution >= 4 is 34.8 Å². The van der Waals surface area contributed by atoms with Crippen molar-refractivity contribution in [2.45, 2.75) is 10.6 Å². The van der Waals surface area contributed by atoms with Gasteiger partial charge >= 0.3 is 0 Å². The van der Waals surface area contributed by atoms with Gasteiger partial charge in [-0.15, -0.1) is 11.8 Å². The topological polar surface area (TPSA) is 91.0 Å². The third-order valence-electron chi connectivity index (χ3n) is 6.04. The molecule has 2 heterocycles. The monoisotopic (exact) mass is 493 g/mol. The molecule has 8 heteroatoms. The third kappa shape index (κ3) is 4.25. The number of nitrogens with one attached hydrogen (secondary N) is 1. The van der Waals surface area contributed by atoms with Crippen LogP contribution in [0.5, 0.6) is 0 Å². The number of nitriles is 1. The number of carbonyl (C=O) groups is 2. The highest BCUT2D eigenvalue weighted by atomic mass is 32.2. The first-order valence-corrected chi connectivity index (χ1v) is 12.4. The molecule has 0 fully saturated rings. The Bertz CT molecular complexity index is 1490. The van der Waals surface area contributed by atoms with Crippen LogP contribution in [0.3, 0.4) is 0 Å². The molecule has 1 atom stereocenters. The number of carbonyl (C=O) groups excluding carboxylic acids is 2. The molecular formula is C28H23N5O2S. The van der Waals surface area contributed by atoms with E-state index < -0.39 is 17.6 Å². The van der Waals surface area contributed by atoms with E-state index in [1.807, 2.05) is 91.8 Å². The Balaban J connectivity index is 1.52. The van der Waals surface area contributed by atoms with Crippen molar-refractivity contribution in [1.29, 1.82) is 5.26 Å². The van der Waals surface area contributed by atoms with Gasteiger partial charge < -0.3 is 10.2 Å². The third-order valence-corrected chi connectivity index (χ3v) is 7.14. The number of ketones is 1. The number of Topliss-reactive ketones (excluding diaryl/α,β-unsaturated/α-hetero) is 1. The van der Waals surface area contributed by atoms with E-state index in [1.54, 1.807) is 28.6 Å². The molecule has 1 unspecified atom stereocenters. The quantitative estimate of drug-likeness (QED) is 0.294. The molecule has 1 amide bonds. The Labute approximate surface area is 213 Å². The van der Waals surface area contributed by atoms with Crippen molar-refractivity contribution in [3.63, 3.8) is 0 Å². The van der Waals surface area contributed by atoms with Gasteiger partial charge in [0.05, 0.1) is 17.5 Å². The molecule has 5 rings (SSSR count). The zero-order valence-electron chi connectivity index (χ0n) is 19.8. The molecule has 0 saturated carbocycles. The first kappa shape index (κ1) is 23.4. The van der Waals surface area contributed by atoms with Crippen molar-refractivity contribution in [2.75, 3.05) is 24.3 Å². The second-order valence-electron chi connectivity index (χ2n) is 8.56. The van der Waals surface area contributed by atoms with E-state index >= 15 is 0 Å². The van der Waals surface area contributed by atoms with Gasteiger partial charge in [-0.05, 0) is 42.5 Å². The van der Waals surface area contributed by atoms with E-state index in [0.29, 0.717) is 11.4 Å². The van der Waals surface area contributed by atoms with Crippen LogP contribution in [-0.4, -0.2) is 35.6 Å². The lowest BCUT2D eigenvalue weighted by atomic mass is 9.97. The predicted molar refractivity (Wildman–Crippen MR) is 141 cm³/mol. The van der Waals surface area contributed by atoms with E-state index in [0.717, 1.165) is 33.1 Å². The van der Waals surface area contributed by atoms with Crippen LogP contribution in [0.25, 0.3) is 16.9 Å². The predicted octanol–water partition coefficient (Wildman–Crippen LogP) is 5.17. The molecule has 3 aromatic carbocycles. The maximum absolute atomic E-state index is 13.6. The second-order valence-corrected chi connectivity index (χ2v) is 9.58. The van der Waals surface area contributed by atoms with Gasteiger partial charge in [0.2, 0.25) is 11.7 Å². The SMILES string of the molecule is CN(C)c1ccc(NC(=O)C(C#N)C(=O)c2nn(-c3ccccc3)c3c2CSc2ccccc2-3)cc1. The van der Waals surface area contributed by atoms with Crippen molar-refractivity contribution in [1.82, 2.24) is 9.78 Å². The largest absolute Gasteiger partial charge is 0.378 e. The Hall–Kier alpha value is -4.35. The van der Waals surface area contributed by atoms with Crippen LogP contribution in [0.2, 0.25) is 0 Å². The van der Waals surface area contributed by atoms with Crippen LogP contribution < -0.4 is 10.2 Å². The van der Waals surface area contributed by atoms with Gasteiger partial charge in [0.1, 0.15) is 5.69 Å². The number of amides is 1. The van der Waals surface area contributed by atoms with E-state index in [1.165, 1.54) is 0 Å². The van der Waals surface area contributed by atoms with Crippen molar-refractivity contribution in [3.05, 3.63) is 90.1 Å². The lowest BCUT2D eigenvalue weighted by molar-refractivity contribution is -0.117. The van der Waals surface area contributed by atoms with Crippen molar-refractivity contribution in [3.8, 4) is 23.0 Å². The number of hydrogen-bond acceptors (Lipinski definition) is 6. The van der Waals surface area contributed by atoms with Crippen molar-refractivity contribution in [2.24, 2.45) is 5.92 Å². The molecule has 0 saturated heterocycles.